The Morgan fingerprint density at radius 3 is 2.69 bits per heavy atom. The van der Waals surface area contributed by atoms with Gasteiger partial charge < -0.3 is 26.4 Å². The van der Waals surface area contributed by atoms with Gasteiger partial charge in [0.25, 0.3) is 5.91 Å². The van der Waals surface area contributed by atoms with E-state index in [0.717, 1.165) is 37.1 Å². The Balaban J connectivity index is 1.09. The number of fused-ring (bicyclic) bond motifs is 1. The molecule has 12 nitrogen and oxygen atoms in total. The maximum Gasteiger partial charge on any atom is 0.251 e. The average Bonchev–Trinajstić information content (AvgIpc) is 3.81. The van der Waals surface area contributed by atoms with Crippen molar-refractivity contribution in [3.8, 4) is 11.4 Å². The molecule has 0 aliphatic carbocycles. The number of thioether (sulfide) groups is 1. The molecule has 2 fully saturated rings. The Morgan fingerprint density at radius 2 is 1.90 bits per heavy atom. The molecule has 1 aromatic heterocycles. The fourth-order valence-corrected chi connectivity index (χ4v) is 7.67. The number of aromatic nitrogens is 3. The predicted octanol–water partition coefficient (Wildman–Crippen LogP) is 3.22. The topological polar surface area (TPSA) is 170 Å². The van der Waals surface area contributed by atoms with Crippen molar-refractivity contribution in [2.24, 2.45) is 11.7 Å². The Kier molecular flexibility index (Phi) is 12.7. The van der Waals surface area contributed by atoms with Crippen LogP contribution in [-0.2, 0) is 20.9 Å². The largest absolute Gasteiger partial charge is 0.480 e. The second-order valence-electron chi connectivity index (χ2n) is 12.3. The summed E-state index contributed by atoms with van der Waals surface area (Å²) >= 11 is 1.92. The van der Waals surface area contributed by atoms with Crippen LogP contribution in [0.1, 0.15) is 67.4 Å². The molecule has 49 heavy (non-hydrogen) atoms. The third-order valence-electron chi connectivity index (χ3n) is 8.65. The van der Waals surface area contributed by atoms with E-state index in [2.05, 4.69) is 26.3 Å². The van der Waals surface area contributed by atoms with Crippen LogP contribution in [0, 0.1) is 17.6 Å². The van der Waals surface area contributed by atoms with Crippen LogP contribution in [0.2, 0.25) is 0 Å². The summed E-state index contributed by atoms with van der Waals surface area (Å²) in [5.74, 6) is -2.08. The van der Waals surface area contributed by atoms with Gasteiger partial charge in [-0.15, -0.1) is 5.10 Å². The predicted molar refractivity (Wildman–Crippen MR) is 179 cm³/mol. The maximum atomic E-state index is 14.0. The van der Waals surface area contributed by atoms with E-state index in [9.17, 15) is 28.0 Å². The fourth-order valence-electron chi connectivity index (χ4n) is 6.02. The third-order valence-corrected chi connectivity index (χ3v) is 10.2. The highest BCUT2D eigenvalue weighted by molar-refractivity contribution is 8.00. The summed E-state index contributed by atoms with van der Waals surface area (Å²) in [6.07, 6.45) is 6.74. The fraction of sp³-hybridized carbons (Fsp3) is 0.471. The summed E-state index contributed by atoms with van der Waals surface area (Å²) in [4.78, 5) is 50.3. The molecule has 5 rings (SSSR count). The highest BCUT2D eigenvalue weighted by Crippen LogP contribution is 2.39. The number of ketones is 1. The number of unbranched alkanes of at least 4 members (excludes halogenated alkanes) is 2. The van der Waals surface area contributed by atoms with Crippen LogP contribution in [0.3, 0.4) is 0 Å². The summed E-state index contributed by atoms with van der Waals surface area (Å²) in [6.45, 7) is -0.0372. The summed E-state index contributed by atoms with van der Waals surface area (Å²) < 4.78 is 34.6. The number of carbonyl (C=O) groups is 4. The highest BCUT2D eigenvalue weighted by Gasteiger charge is 2.42. The molecule has 4 atom stereocenters. The van der Waals surface area contributed by atoms with Crippen LogP contribution in [0.4, 0.5) is 8.78 Å². The van der Waals surface area contributed by atoms with E-state index < -0.39 is 41.7 Å². The van der Waals surface area contributed by atoms with E-state index in [1.807, 2.05) is 11.8 Å². The number of halogens is 2. The van der Waals surface area contributed by atoms with Gasteiger partial charge in [-0.25, -0.2) is 13.5 Å². The first-order valence-corrected chi connectivity index (χ1v) is 17.6. The number of nitrogens with two attached hydrogens (primary N) is 1. The molecule has 3 amide bonds. The molecule has 2 aromatic carbocycles. The molecule has 0 spiro atoms. The first-order valence-electron chi connectivity index (χ1n) is 16.5. The number of hydrogen-bond donors (Lipinski definition) is 4. The first-order chi connectivity index (χ1) is 23.7. The Morgan fingerprint density at radius 1 is 1.10 bits per heavy atom. The molecule has 262 valence electrons. The lowest BCUT2D eigenvalue weighted by atomic mass is 9.97. The Labute approximate surface area is 287 Å². The van der Waals surface area contributed by atoms with Crippen molar-refractivity contribution in [1.29, 1.82) is 0 Å². The van der Waals surface area contributed by atoms with Gasteiger partial charge in [0.2, 0.25) is 11.8 Å². The maximum absolute atomic E-state index is 14.0. The van der Waals surface area contributed by atoms with E-state index in [1.54, 1.807) is 30.5 Å². The molecule has 3 aromatic rings. The summed E-state index contributed by atoms with van der Waals surface area (Å²) in [6, 6.07) is 9.09. The zero-order valence-electron chi connectivity index (χ0n) is 27.0. The lowest BCUT2D eigenvalue weighted by Crippen LogP contribution is -2.43. The molecule has 1 unspecified atom stereocenters. The van der Waals surface area contributed by atoms with Crippen molar-refractivity contribution in [3.05, 3.63) is 71.6 Å². The number of Topliss-reactive ketones (excluding diaryl/α,β-unsaturated/α-hetero) is 1. The van der Waals surface area contributed by atoms with Crippen molar-refractivity contribution in [1.82, 2.24) is 30.9 Å². The molecule has 2 aliphatic heterocycles. The van der Waals surface area contributed by atoms with Gasteiger partial charge in [-0.2, -0.15) is 11.8 Å². The average molecular weight is 698 g/mol. The monoisotopic (exact) mass is 697 g/mol. The Bertz CT molecular complexity index is 1620. The molecule has 3 heterocycles. The third kappa shape index (κ3) is 9.85. The van der Waals surface area contributed by atoms with Gasteiger partial charge in [0.15, 0.2) is 23.2 Å². The molecule has 0 bridgehead atoms. The minimum absolute atomic E-state index is 0.0839. The molecule has 2 aliphatic rings. The highest BCUT2D eigenvalue weighted by atomic mass is 32.2. The van der Waals surface area contributed by atoms with Gasteiger partial charge in [-0.1, -0.05) is 23.8 Å². The zero-order chi connectivity index (χ0) is 34.8. The van der Waals surface area contributed by atoms with Crippen LogP contribution in [0.15, 0.2) is 48.7 Å². The molecule has 0 saturated carbocycles. The quantitative estimate of drug-likeness (QED) is 0.146. The summed E-state index contributed by atoms with van der Waals surface area (Å²) in [5, 5.41) is 17.4. The van der Waals surface area contributed by atoms with Crippen LogP contribution in [0.5, 0.6) is 5.75 Å². The molecule has 2 saturated heterocycles. The van der Waals surface area contributed by atoms with E-state index >= 15 is 0 Å². The number of hydrogen-bond acceptors (Lipinski definition) is 9. The number of nitrogens with zero attached hydrogens (tertiary/aromatic N) is 3. The smallest absolute Gasteiger partial charge is 0.251 e. The van der Waals surface area contributed by atoms with Gasteiger partial charge in [-0.3, -0.25) is 19.2 Å². The summed E-state index contributed by atoms with van der Waals surface area (Å²) in [5.41, 5.74) is 6.91. The second-order valence-corrected chi connectivity index (χ2v) is 13.5. The van der Waals surface area contributed by atoms with Crippen LogP contribution < -0.4 is 26.4 Å². The molecule has 15 heteroatoms. The number of nitrogens with one attached hydrogen (secondary N) is 3. The first kappa shape index (κ1) is 35.9. The van der Waals surface area contributed by atoms with Gasteiger partial charge in [0.1, 0.15) is 12.3 Å². The van der Waals surface area contributed by atoms with Crippen molar-refractivity contribution in [2.75, 3.05) is 18.9 Å². The molecular formula is C34H41F2N7O5S. The van der Waals surface area contributed by atoms with Crippen molar-refractivity contribution in [2.45, 2.75) is 75.2 Å². The van der Waals surface area contributed by atoms with Gasteiger partial charge in [-0.05, 0) is 80.7 Å². The van der Waals surface area contributed by atoms with Gasteiger partial charge in [0.05, 0.1) is 24.5 Å². The number of ether oxygens (including phenoxy) is 1. The number of rotatable bonds is 18. The minimum Gasteiger partial charge on any atom is -0.480 e. The zero-order valence-corrected chi connectivity index (χ0v) is 27.9. The van der Waals surface area contributed by atoms with E-state index in [1.165, 1.54) is 10.7 Å². The van der Waals surface area contributed by atoms with Crippen LogP contribution in [0.25, 0.3) is 5.69 Å². The van der Waals surface area contributed by atoms with Crippen LogP contribution in [-0.4, -0.2) is 74.7 Å². The number of amides is 3. The van der Waals surface area contributed by atoms with Crippen LogP contribution >= 0.6 is 11.8 Å². The van der Waals surface area contributed by atoms with Gasteiger partial charge >= 0.3 is 0 Å². The summed E-state index contributed by atoms with van der Waals surface area (Å²) in [7, 11) is 0. The van der Waals surface area contributed by atoms with Crippen molar-refractivity contribution < 1.29 is 32.7 Å². The van der Waals surface area contributed by atoms with E-state index in [0.29, 0.717) is 54.8 Å². The van der Waals surface area contributed by atoms with Gasteiger partial charge in [0, 0.05) is 29.7 Å². The minimum atomic E-state index is -0.969. The Hall–Kier alpha value is -4.37. The van der Waals surface area contributed by atoms with E-state index in [4.69, 9.17) is 10.5 Å². The van der Waals surface area contributed by atoms with E-state index in [-0.39, 0.29) is 36.4 Å². The molecular weight excluding hydrogens is 656 g/mol. The second kappa shape index (κ2) is 17.3. The van der Waals surface area contributed by atoms with Crippen molar-refractivity contribution >= 4 is 35.3 Å². The lowest BCUT2D eigenvalue weighted by Gasteiger charge is -2.18. The number of para-hydroxylation sites is 1. The number of carbonyl (C=O) groups excluding carboxylic acids is 4. The lowest BCUT2D eigenvalue weighted by molar-refractivity contribution is -0.123. The normalized spacial score (nSPS) is 18.8. The van der Waals surface area contributed by atoms with Crippen molar-refractivity contribution in [3.63, 3.8) is 0 Å². The standard InChI is InChI=1S/C34H41F2N7O5S/c35-25-9-6-10-26(36)33(25)48-19-28(44)27(11-3-4-14-37)39-34(47)21-7-5-8-24(15-21)43-18-23(41-42-43)17-38-30(45)13-2-1-12-29-32-22(20-49-29)16-31(46)40-32/h5-10,15,18,22,27,29,32H,1-4,11-14,16-17,19-20,37H2,(H,38,45)(H,39,47)(H,40,46)/t22-,27?,29-,32-/m0/s1. The SMILES string of the molecule is NCCCCC(NC(=O)c1cccc(-n2cc(CNC(=O)CCCC[C@@H]3SC[C@@H]4CC(=O)N[C@@H]43)nn2)c1)C(=O)COc1c(F)cccc1F. The number of benzene rings is 2. The molecule has 5 N–H and O–H groups in total. The molecule has 0 radical (unpaired) electrons.